The van der Waals surface area contributed by atoms with Crippen LogP contribution >= 0.6 is 11.6 Å². The van der Waals surface area contributed by atoms with Crippen LogP contribution in [0.25, 0.3) is 5.65 Å². The van der Waals surface area contributed by atoms with E-state index in [4.69, 9.17) is 16.3 Å². The van der Waals surface area contributed by atoms with E-state index in [1.807, 2.05) is 12.1 Å². The summed E-state index contributed by atoms with van der Waals surface area (Å²) in [4.78, 5) is 16.9. The van der Waals surface area contributed by atoms with Crippen LogP contribution in [0, 0.1) is 6.92 Å². The zero-order valence-corrected chi connectivity index (χ0v) is 12.9. The summed E-state index contributed by atoms with van der Waals surface area (Å²) < 4.78 is 6.84. The molecule has 2 heterocycles. The van der Waals surface area contributed by atoms with Gasteiger partial charge in [-0.15, -0.1) is 0 Å². The number of hydrogen-bond acceptors (Lipinski definition) is 3. The van der Waals surface area contributed by atoms with Crippen molar-refractivity contribution in [1.29, 1.82) is 0 Å². The van der Waals surface area contributed by atoms with Gasteiger partial charge >= 0.3 is 0 Å². The number of amides is 1. The minimum atomic E-state index is -0.250. The smallest absolute Gasteiger partial charge is 0.274 e. The lowest BCUT2D eigenvalue weighted by molar-refractivity contribution is 0.102. The molecule has 0 fully saturated rings. The van der Waals surface area contributed by atoms with Crippen molar-refractivity contribution in [1.82, 2.24) is 9.38 Å². The second kappa shape index (κ2) is 5.69. The highest BCUT2D eigenvalue weighted by Crippen LogP contribution is 2.20. The molecule has 0 atom stereocenters. The molecule has 0 bridgehead atoms. The van der Waals surface area contributed by atoms with Crippen molar-refractivity contribution in [2.24, 2.45) is 0 Å². The predicted octanol–water partition coefficient (Wildman–Crippen LogP) is 3.56. The molecule has 0 aliphatic heterocycles. The first-order chi connectivity index (χ1) is 10.6. The standard InChI is InChI=1S/C16H14ClN3O2/c1-10-15(20-9-11(17)6-7-14(20)18-10)16(21)19-12-4-3-5-13(8-12)22-2/h3-9H,1-2H3,(H,19,21). The van der Waals surface area contributed by atoms with E-state index in [2.05, 4.69) is 10.3 Å². The number of ether oxygens (including phenoxy) is 1. The number of imidazole rings is 1. The van der Waals surface area contributed by atoms with Crippen LogP contribution in [0.3, 0.4) is 0 Å². The van der Waals surface area contributed by atoms with Crippen LogP contribution in [-0.2, 0) is 0 Å². The van der Waals surface area contributed by atoms with E-state index in [1.54, 1.807) is 48.9 Å². The summed E-state index contributed by atoms with van der Waals surface area (Å²) in [6, 6.07) is 10.7. The maximum atomic E-state index is 12.6. The molecule has 5 nitrogen and oxygen atoms in total. The van der Waals surface area contributed by atoms with E-state index >= 15 is 0 Å². The number of carbonyl (C=O) groups excluding carboxylic acids is 1. The Morgan fingerprint density at radius 3 is 2.91 bits per heavy atom. The minimum absolute atomic E-state index is 0.250. The Morgan fingerprint density at radius 1 is 1.32 bits per heavy atom. The first-order valence-corrected chi connectivity index (χ1v) is 7.06. The Balaban J connectivity index is 1.98. The second-order valence-electron chi connectivity index (χ2n) is 4.81. The van der Waals surface area contributed by atoms with Gasteiger partial charge in [0, 0.05) is 18.0 Å². The van der Waals surface area contributed by atoms with Gasteiger partial charge in [-0.25, -0.2) is 4.98 Å². The predicted molar refractivity (Wildman–Crippen MR) is 85.9 cm³/mol. The van der Waals surface area contributed by atoms with E-state index in [9.17, 15) is 4.79 Å². The highest BCUT2D eigenvalue weighted by atomic mass is 35.5. The summed E-state index contributed by atoms with van der Waals surface area (Å²) in [5.41, 5.74) is 2.43. The van der Waals surface area contributed by atoms with Gasteiger partial charge in [0.1, 0.15) is 17.1 Å². The molecule has 0 aliphatic carbocycles. The second-order valence-corrected chi connectivity index (χ2v) is 5.24. The monoisotopic (exact) mass is 315 g/mol. The lowest BCUT2D eigenvalue weighted by atomic mass is 10.2. The molecule has 112 valence electrons. The third-order valence-electron chi connectivity index (χ3n) is 3.30. The van der Waals surface area contributed by atoms with Crippen LogP contribution in [0.4, 0.5) is 5.69 Å². The first kappa shape index (κ1) is 14.4. The van der Waals surface area contributed by atoms with Crippen molar-refractivity contribution in [3.05, 3.63) is 59.0 Å². The number of hydrogen-bond donors (Lipinski definition) is 1. The number of nitrogens with one attached hydrogen (secondary N) is 1. The number of rotatable bonds is 3. The van der Waals surface area contributed by atoms with Gasteiger partial charge in [-0.3, -0.25) is 9.20 Å². The van der Waals surface area contributed by atoms with Gasteiger partial charge < -0.3 is 10.1 Å². The molecular formula is C16H14ClN3O2. The van der Waals surface area contributed by atoms with Crippen molar-refractivity contribution in [2.45, 2.75) is 6.92 Å². The van der Waals surface area contributed by atoms with Crippen molar-refractivity contribution < 1.29 is 9.53 Å². The highest BCUT2D eigenvalue weighted by Gasteiger charge is 2.17. The summed E-state index contributed by atoms with van der Waals surface area (Å²) in [6.07, 6.45) is 1.68. The zero-order valence-electron chi connectivity index (χ0n) is 12.1. The third-order valence-corrected chi connectivity index (χ3v) is 3.52. The Labute approximate surface area is 132 Å². The van der Waals surface area contributed by atoms with E-state index < -0.39 is 0 Å². The lowest BCUT2D eigenvalue weighted by Crippen LogP contribution is -2.15. The normalized spacial score (nSPS) is 10.7. The fourth-order valence-electron chi connectivity index (χ4n) is 2.30. The number of aryl methyl sites for hydroxylation is 1. The summed E-state index contributed by atoms with van der Waals surface area (Å²) >= 11 is 6.01. The molecule has 1 N–H and O–H groups in total. The Morgan fingerprint density at radius 2 is 2.14 bits per heavy atom. The summed E-state index contributed by atoms with van der Waals surface area (Å²) in [5, 5.41) is 3.39. The molecule has 3 aromatic rings. The van der Waals surface area contributed by atoms with Gasteiger partial charge in [0.05, 0.1) is 17.8 Å². The van der Waals surface area contributed by atoms with Gasteiger partial charge in [0.2, 0.25) is 0 Å². The fourth-order valence-corrected chi connectivity index (χ4v) is 2.46. The minimum Gasteiger partial charge on any atom is -0.497 e. The van der Waals surface area contributed by atoms with Gasteiger partial charge in [-0.05, 0) is 31.2 Å². The maximum absolute atomic E-state index is 12.6. The van der Waals surface area contributed by atoms with Crippen LogP contribution in [-0.4, -0.2) is 22.4 Å². The van der Waals surface area contributed by atoms with Crippen LogP contribution in [0.15, 0.2) is 42.6 Å². The van der Waals surface area contributed by atoms with Crippen molar-refractivity contribution >= 4 is 28.8 Å². The van der Waals surface area contributed by atoms with E-state index in [1.165, 1.54) is 0 Å². The van der Waals surface area contributed by atoms with Crippen LogP contribution in [0.5, 0.6) is 5.75 Å². The van der Waals surface area contributed by atoms with Crippen LogP contribution in [0.2, 0.25) is 5.02 Å². The SMILES string of the molecule is COc1cccc(NC(=O)c2c(C)nc3ccc(Cl)cn23)c1. The Hall–Kier alpha value is -2.53. The molecule has 1 amide bonds. The Bertz CT molecular complexity index is 858. The molecular weight excluding hydrogens is 302 g/mol. The van der Waals surface area contributed by atoms with Gasteiger partial charge in [-0.1, -0.05) is 17.7 Å². The fraction of sp³-hybridized carbons (Fsp3) is 0.125. The first-order valence-electron chi connectivity index (χ1n) is 6.68. The number of benzene rings is 1. The molecule has 2 aromatic heterocycles. The van der Waals surface area contributed by atoms with Crippen molar-refractivity contribution in [3.63, 3.8) is 0 Å². The maximum Gasteiger partial charge on any atom is 0.274 e. The molecule has 6 heteroatoms. The molecule has 0 unspecified atom stereocenters. The zero-order chi connectivity index (χ0) is 15.7. The van der Waals surface area contributed by atoms with Gasteiger partial charge in [0.15, 0.2) is 0 Å². The molecule has 0 saturated heterocycles. The number of pyridine rings is 1. The largest absolute Gasteiger partial charge is 0.497 e. The number of halogens is 1. The summed E-state index contributed by atoms with van der Waals surface area (Å²) in [5.74, 6) is 0.427. The topological polar surface area (TPSA) is 55.6 Å². The summed E-state index contributed by atoms with van der Waals surface area (Å²) in [7, 11) is 1.58. The molecule has 0 aliphatic rings. The number of nitrogens with zero attached hydrogens (tertiary/aromatic N) is 2. The number of carbonyl (C=O) groups is 1. The molecule has 1 aromatic carbocycles. The third kappa shape index (κ3) is 2.63. The highest BCUT2D eigenvalue weighted by molar-refractivity contribution is 6.30. The summed E-state index contributed by atoms with van der Waals surface area (Å²) in [6.45, 7) is 1.79. The molecule has 22 heavy (non-hydrogen) atoms. The van der Waals surface area contributed by atoms with E-state index in [0.29, 0.717) is 33.5 Å². The Kier molecular flexibility index (Phi) is 3.73. The lowest BCUT2D eigenvalue weighted by Gasteiger charge is -2.07. The molecule has 0 spiro atoms. The van der Waals surface area contributed by atoms with E-state index in [-0.39, 0.29) is 5.91 Å². The van der Waals surface area contributed by atoms with Gasteiger partial charge in [-0.2, -0.15) is 0 Å². The average Bonchev–Trinajstić information content (AvgIpc) is 2.82. The van der Waals surface area contributed by atoms with Crippen molar-refractivity contribution in [2.75, 3.05) is 12.4 Å². The van der Waals surface area contributed by atoms with E-state index in [0.717, 1.165) is 0 Å². The quantitative estimate of drug-likeness (QED) is 0.804. The molecule has 0 saturated carbocycles. The van der Waals surface area contributed by atoms with Crippen molar-refractivity contribution in [3.8, 4) is 5.75 Å². The molecule has 3 rings (SSSR count). The number of fused-ring (bicyclic) bond motifs is 1. The number of aromatic nitrogens is 2. The average molecular weight is 316 g/mol. The van der Waals surface area contributed by atoms with Gasteiger partial charge in [0.25, 0.3) is 5.91 Å². The number of methoxy groups -OCH3 is 1. The number of anilines is 1. The molecule has 0 radical (unpaired) electrons. The van der Waals surface area contributed by atoms with Crippen LogP contribution in [0.1, 0.15) is 16.2 Å². The van der Waals surface area contributed by atoms with Crippen LogP contribution < -0.4 is 10.1 Å².